The highest BCUT2D eigenvalue weighted by molar-refractivity contribution is 7.89. The molecule has 1 unspecified atom stereocenters. The molecule has 0 aromatic carbocycles. The van der Waals surface area contributed by atoms with Crippen LogP contribution >= 0.6 is 0 Å². The van der Waals surface area contributed by atoms with Crippen LogP contribution in [0.3, 0.4) is 0 Å². The van der Waals surface area contributed by atoms with E-state index >= 15 is 0 Å². The average molecular weight is 568 g/mol. The second-order valence-corrected chi connectivity index (χ2v) is 12.2. The summed E-state index contributed by atoms with van der Waals surface area (Å²) in [7, 11) is -2.70. The summed E-state index contributed by atoms with van der Waals surface area (Å²) in [5.74, 6) is -3.54. The first-order valence-electron chi connectivity index (χ1n) is 12.7. The molecule has 4 heterocycles. The predicted octanol–water partition coefficient (Wildman–Crippen LogP) is 0.479. The minimum absolute atomic E-state index is 0.0154. The highest BCUT2D eigenvalue weighted by atomic mass is 32.2. The third-order valence-corrected chi connectivity index (χ3v) is 8.90. The second kappa shape index (κ2) is 10.2. The molecule has 39 heavy (non-hydrogen) atoms. The Labute approximate surface area is 224 Å². The van der Waals surface area contributed by atoms with Gasteiger partial charge in [0.2, 0.25) is 0 Å². The molecule has 2 aliphatic heterocycles. The lowest BCUT2D eigenvalue weighted by molar-refractivity contribution is -0.751. The van der Waals surface area contributed by atoms with Crippen LogP contribution in [0.1, 0.15) is 36.2 Å². The van der Waals surface area contributed by atoms with Crippen LogP contribution in [0.2, 0.25) is 0 Å². The summed E-state index contributed by atoms with van der Waals surface area (Å²) >= 11 is 0. The Bertz CT molecular complexity index is 1350. The van der Waals surface area contributed by atoms with Gasteiger partial charge in [0.25, 0.3) is 21.9 Å². The first kappa shape index (κ1) is 27.6. The molecule has 0 radical (unpaired) electrons. The van der Waals surface area contributed by atoms with Gasteiger partial charge in [-0.05, 0) is 37.2 Å². The van der Waals surface area contributed by atoms with Crippen LogP contribution in [0.4, 0.5) is 31.7 Å². The number of alkyl halides is 2. The summed E-state index contributed by atoms with van der Waals surface area (Å²) in [6, 6.07) is 4.12. The van der Waals surface area contributed by atoms with Gasteiger partial charge >= 0.3 is 0 Å². The second-order valence-electron chi connectivity index (χ2n) is 10.4. The van der Waals surface area contributed by atoms with E-state index in [1.165, 1.54) is 49.2 Å². The van der Waals surface area contributed by atoms with Gasteiger partial charge in [-0.2, -0.15) is 0 Å². The molecule has 2 aromatic rings. The number of nitrogens with zero attached hydrogens (tertiary/aromatic N) is 4. The van der Waals surface area contributed by atoms with Gasteiger partial charge < -0.3 is 30.5 Å². The Hall–Kier alpha value is -2.98. The van der Waals surface area contributed by atoms with E-state index in [9.17, 15) is 27.2 Å². The maximum absolute atomic E-state index is 13.5. The number of anilines is 3. The number of nitrogens with one attached hydrogen (secondary N) is 3. The van der Waals surface area contributed by atoms with Crippen molar-refractivity contribution < 1.29 is 32.2 Å². The summed E-state index contributed by atoms with van der Waals surface area (Å²) in [4.78, 5) is 24.8. The van der Waals surface area contributed by atoms with Crippen molar-refractivity contribution in [3.8, 4) is 0 Å². The van der Waals surface area contributed by atoms with Crippen LogP contribution in [0.15, 0.2) is 29.4 Å². The number of hydrogen-bond donors (Lipinski definition) is 4. The van der Waals surface area contributed by atoms with E-state index in [0.717, 1.165) is 12.8 Å². The van der Waals surface area contributed by atoms with E-state index in [-0.39, 0.29) is 46.1 Å². The van der Waals surface area contributed by atoms with Crippen molar-refractivity contribution in [1.82, 2.24) is 14.7 Å². The largest absolute Gasteiger partial charge is 0.629 e. The van der Waals surface area contributed by atoms with E-state index in [2.05, 4.69) is 20.0 Å². The Morgan fingerprint density at radius 2 is 1.87 bits per heavy atom. The summed E-state index contributed by atoms with van der Waals surface area (Å²) < 4.78 is 54.6. The molecular weight excluding hydrogens is 536 g/mol. The van der Waals surface area contributed by atoms with Crippen LogP contribution in [0.5, 0.6) is 0 Å². The van der Waals surface area contributed by atoms with Crippen LogP contribution in [-0.2, 0) is 10.0 Å². The quantitative estimate of drug-likeness (QED) is 0.317. The number of sulfonamides is 1. The molecule has 1 aliphatic carbocycles. The lowest BCUT2D eigenvalue weighted by Gasteiger charge is -2.40. The van der Waals surface area contributed by atoms with E-state index in [4.69, 9.17) is 5.11 Å². The highest BCUT2D eigenvalue weighted by Gasteiger charge is 2.46. The van der Waals surface area contributed by atoms with E-state index in [1.807, 2.05) is 4.90 Å². The van der Waals surface area contributed by atoms with Crippen molar-refractivity contribution in [1.29, 1.82) is 0 Å². The molecule has 3 fully saturated rings. The van der Waals surface area contributed by atoms with Gasteiger partial charge in [-0.25, -0.2) is 31.9 Å². The lowest BCUT2D eigenvalue weighted by atomic mass is 9.93. The SMILES string of the molecule is C[NH+]([O-])c1ccc(C(=O)Nc2cnc(S(=O)(=O)NCCO)cc2N2CCC3(CC2)CC3)nc1N1CC(F)(F)C1. The fourth-order valence-electron chi connectivity index (χ4n) is 5.02. The van der Waals surface area contributed by atoms with Crippen molar-refractivity contribution >= 4 is 38.8 Å². The van der Waals surface area contributed by atoms with Crippen LogP contribution < -0.4 is 24.9 Å². The molecule has 2 saturated heterocycles. The standard InChI is InChI=1S/C24H31F2N7O5S/c1-31(36)18-3-2-16(29-21(18)33-14-24(25,26)15-33)22(35)30-17-13-27-20(39(37,38)28-8-11-34)12-19(17)32-9-6-23(4-5-23)7-10-32/h2-3,12-13,28,31,34H,4-11,14-15H2,1H3,(H,30,35). The summed E-state index contributed by atoms with van der Waals surface area (Å²) in [5, 5.41) is 23.2. The molecule has 0 bridgehead atoms. The molecule has 3 aliphatic rings. The number of aromatic nitrogens is 2. The number of amides is 1. The van der Waals surface area contributed by atoms with Gasteiger partial charge in [0.15, 0.2) is 16.5 Å². The molecule has 4 N–H and O–H groups in total. The number of aliphatic hydroxyl groups is 1. The molecule has 1 atom stereocenters. The van der Waals surface area contributed by atoms with Crippen molar-refractivity contribution in [2.75, 3.05) is 61.5 Å². The molecule has 212 valence electrons. The summed E-state index contributed by atoms with van der Waals surface area (Å²) in [5.41, 5.74) is 1.14. The third kappa shape index (κ3) is 5.82. The van der Waals surface area contributed by atoms with Gasteiger partial charge in [0.1, 0.15) is 5.69 Å². The third-order valence-electron chi connectivity index (χ3n) is 7.54. The molecule has 1 amide bonds. The Kier molecular flexibility index (Phi) is 7.22. The number of hydrogen-bond acceptors (Lipinski definition) is 9. The van der Waals surface area contributed by atoms with Gasteiger partial charge in [0, 0.05) is 31.8 Å². The first-order valence-corrected chi connectivity index (χ1v) is 14.2. The molecule has 15 heteroatoms. The van der Waals surface area contributed by atoms with Crippen LogP contribution in [-0.4, -0.2) is 81.7 Å². The molecule has 5 rings (SSSR count). The number of hydroxylamine groups is 1. The Morgan fingerprint density at radius 1 is 1.18 bits per heavy atom. The molecular formula is C24H31F2N7O5S. The van der Waals surface area contributed by atoms with Crippen molar-refractivity contribution in [2.45, 2.75) is 36.6 Å². The summed E-state index contributed by atoms with van der Waals surface area (Å²) in [6.45, 7) is -0.394. The van der Waals surface area contributed by atoms with Gasteiger partial charge in [-0.15, -0.1) is 0 Å². The van der Waals surface area contributed by atoms with Crippen molar-refractivity contribution in [2.24, 2.45) is 5.41 Å². The fraction of sp³-hybridized carbons (Fsp3) is 0.542. The number of piperidine rings is 1. The zero-order valence-electron chi connectivity index (χ0n) is 21.4. The number of pyridine rings is 2. The zero-order chi connectivity index (χ0) is 28.0. The predicted molar refractivity (Wildman–Crippen MR) is 139 cm³/mol. The van der Waals surface area contributed by atoms with E-state index in [0.29, 0.717) is 24.2 Å². The van der Waals surface area contributed by atoms with Gasteiger partial charge in [-0.1, -0.05) is 0 Å². The Balaban J connectivity index is 1.43. The van der Waals surface area contributed by atoms with Crippen molar-refractivity contribution in [3.05, 3.63) is 35.3 Å². The molecule has 12 nitrogen and oxygen atoms in total. The highest BCUT2D eigenvalue weighted by Crippen LogP contribution is 2.54. The van der Waals surface area contributed by atoms with E-state index in [1.54, 1.807) is 0 Å². The number of quaternary nitrogens is 1. The molecule has 2 aromatic heterocycles. The number of carbonyl (C=O) groups excluding carboxylic acids is 1. The minimum Gasteiger partial charge on any atom is -0.629 e. The minimum atomic E-state index is -4.00. The van der Waals surface area contributed by atoms with Crippen molar-refractivity contribution in [3.63, 3.8) is 0 Å². The fourth-order valence-corrected chi connectivity index (χ4v) is 5.99. The average Bonchev–Trinajstić information content (AvgIpc) is 3.64. The maximum Gasteiger partial charge on any atom is 0.282 e. The van der Waals surface area contributed by atoms with Gasteiger partial charge in [0.05, 0.1) is 44.3 Å². The number of carbonyl (C=O) groups is 1. The lowest BCUT2D eigenvalue weighted by Crippen LogP contribution is -2.98. The topological polar surface area (TPSA) is 155 Å². The monoisotopic (exact) mass is 567 g/mol. The molecule has 1 saturated carbocycles. The van der Waals surface area contributed by atoms with Crippen LogP contribution in [0.25, 0.3) is 0 Å². The summed E-state index contributed by atoms with van der Waals surface area (Å²) in [6.07, 6.45) is 5.51. The van der Waals surface area contributed by atoms with E-state index < -0.39 is 34.9 Å². The number of halogens is 2. The normalized spacial score (nSPS) is 20.4. The first-order chi connectivity index (χ1) is 18.4. The number of rotatable bonds is 9. The zero-order valence-corrected chi connectivity index (χ0v) is 22.2. The molecule has 1 spiro atoms. The number of aliphatic hydroxyl groups excluding tert-OH is 1. The van der Waals surface area contributed by atoms with Gasteiger partial charge in [-0.3, -0.25) is 4.79 Å². The Morgan fingerprint density at radius 3 is 2.46 bits per heavy atom. The maximum atomic E-state index is 13.5. The van der Waals surface area contributed by atoms with Crippen LogP contribution in [0, 0.1) is 10.6 Å². The smallest absolute Gasteiger partial charge is 0.282 e.